The molecular weight excluding hydrogens is 799 g/mol. The van der Waals surface area contributed by atoms with Crippen molar-refractivity contribution >= 4 is 24.5 Å². The molecule has 1 aromatic heterocycles. The average molecular weight is 860 g/mol. The Morgan fingerprint density at radius 2 is 1.17 bits per heavy atom. The molecule has 2 heterocycles. The lowest BCUT2D eigenvalue weighted by Gasteiger charge is -2.36. The van der Waals surface area contributed by atoms with Gasteiger partial charge in [0, 0.05) is 22.7 Å². The third kappa shape index (κ3) is 9.65. The standard InChI is InChI=1S/C47H60F10NP/c1-3-5-7-9-10-12-16-26-35-30-33-58-41(35)59-42(44(49,50)45(51,52)46(53,54)47(55,56)57)43(59,31-22-13-14-23-32-48)40-38-29-21-20-27-36(38)37(28-19-11-8-6-4-2)39(40)34-24-17-15-18-25-34/h15,17-18,20-21,24-25,27,29-30,33,40,42,58H,3-14,16,19,22-23,26,28,31-32H2,1-2H3. The molecule has 1 aliphatic heterocycles. The maximum Gasteiger partial charge on any atom is 0.460 e. The van der Waals surface area contributed by atoms with Crippen molar-refractivity contribution in [2.24, 2.45) is 0 Å². The Morgan fingerprint density at radius 3 is 1.80 bits per heavy atom. The maximum absolute atomic E-state index is 17.1. The summed E-state index contributed by atoms with van der Waals surface area (Å²) in [7, 11) is -2.52. The van der Waals surface area contributed by atoms with E-state index in [-0.39, 0.29) is 24.7 Å². The Labute approximate surface area is 345 Å². The highest BCUT2D eigenvalue weighted by atomic mass is 31.1. The minimum Gasteiger partial charge on any atom is -0.361 e. The van der Waals surface area contributed by atoms with Gasteiger partial charge in [0.05, 0.1) is 12.3 Å². The number of H-pyrrole nitrogens is 1. The number of allylic oxidation sites excluding steroid dienone is 2. The smallest absolute Gasteiger partial charge is 0.361 e. The van der Waals surface area contributed by atoms with E-state index in [0.717, 1.165) is 81.8 Å². The predicted octanol–water partition coefficient (Wildman–Crippen LogP) is 16.0. The highest BCUT2D eigenvalue weighted by molar-refractivity contribution is 7.75. The summed E-state index contributed by atoms with van der Waals surface area (Å²) < 4.78 is 151. The highest BCUT2D eigenvalue weighted by Crippen LogP contribution is 2.87. The Balaban J connectivity index is 1.73. The quantitative estimate of drug-likeness (QED) is 0.0470. The summed E-state index contributed by atoms with van der Waals surface area (Å²) in [5, 5.41) is -1.86. The third-order valence-corrected chi connectivity index (χ3v) is 16.1. The molecule has 0 amide bonds. The molecule has 1 nitrogen and oxygen atoms in total. The first-order chi connectivity index (χ1) is 28.1. The minimum atomic E-state index is -7.01. The van der Waals surface area contributed by atoms with E-state index in [1.54, 1.807) is 36.4 Å². The Kier molecular flexibility index (Phi) is 16.3. The number of hydrogen-bond acceptors (Lipinski definition) is 0. The van der Waals surface area contributed by atoms with E-state index in [2.05, 4.69) is 18.8 Å². The number of aromatic amines is 1. The number of aryl methyl sites for hydroxylation is 1. The predicted molar refractivity (Wildman–Crippen MR) is 221 cm³/mol. The van der Waals surface area contributed by atoms with Gasteiger partial charge in [-0.15, -0.1) is 0 Å². The van der Waals surface area contributed by atoms with E-state index >= 15 is 17.6 Å². The molecule has 59 heavy (non-hydrogen) atoms. The number of hydrogen-bond donors (Lipinski definition) is 1. The van der Waals surface area contributed by atoms with Crippen molar-refractivity contribution in [1.82, 2.24) is 4.98 Å². The lowest BCUT2D eigenvalue weighted by molar-refractivity contribution is -0.395. The molecule has 0 bridgehead atoms. The molecule has 0 spiro atoms. The van der Waals surface area contributed by atoms with E-state index in [9.17, 15) is 26.3 Å². The zero-order chi connectivity index (χ0) is 42.9. The minimum absolute atomic E-state index is 0.145. The number of nitrogens with one attached hydrogen (secondary N) is 1. The lowest BCUT2D eigenvalue weighted by atomic mass is 9.74. The van der Waals surface area contributed by atoms with Gasteiger partial charge in [0.15, 0.2) is 0 Å². The number of benzene rings is 2. The van der Waals surface area contributed by atoms with Crippen LogP contribution in [-0.2, 0) is 6.42 Å². The fourth-order valence-electron chi connectivity index (χ4n) is 9.52. The van der Waals surface area contributed by atoms with Crippen LogP contribution in [0, 0.1) is 0 Å². The van der Waals surface area contributed by atoms with Crippen LogP contribution < -0.4 is 5.44 Å². The zero-order valence-corrected chi connectivity index (χ0v) is 35.3. The molecule has 1 fully saturated rings. The largest absolute Gasteiger partial charge is 0.460 e. The number of alkyl halides is 10. The first kappa shape index (κ1) is 47.2. The van der Waals surface area contributed by atoms with Crippen molar-refractivity contribution in [1.29, 1.82) is 0 Å². The van der Waals surface area contributed by atoms with E-state index in [0.29, 0.717) is 54.4 Å². The van der Waals surface area contributed by atoms with Gasteiger partial charge in [-0.2, -0.15) is 39.5 Å². The van der Waals surface area contributed by atoms with Gasteiger partial charge in [-0.25, -0.2) is 0 Å². The number of unbranched alkanes of at least 4 members (excludes halogenated alkanes) is 13. The van der Waals surface area contributed by atoms with Crippen LogP contribution in [0.4, 0.5) is 43.9 Å². The second-order valence-corrected chi connectivity index (χ2v) is 19.1. The molecular formula is C47H60F10NP. The molecule has 2 aliphatic rings. The SMILES string of the molecule is CCCCCCCCCc1cc[nH]c1P1C(C(F)(F)C(F)(F)C(F)(F)C(F)(F)F)C1(CCCCCCF)C1C(c2ccccc2)=C(CCCCCCC)c2ccccc21. The highest BCUT2D eigenvalue weighted by Gasteiger charge is 2.90. The van der Waals surface area contributed by atoms with Crippen LogP contribution in [0.3, 0.4) is 0 Å². The van der Waals surface area contributed by atoms with E-state index in [1.807, 2.05) is 24.3 Å². The molecule has 3 aromatic rings. The van der Waals surface area contributed by atoms with Gasteiger partial charge in [-0.3, -0.25) is 4.39 Å². The van der Waals surface area contributed by atoms with Crippen LogP contribution in [0.15, 0.2) is 66.9 Å². The summed E-state index contributed by atoms with van der Waals surface area (Å²) in [4.78, 5) is 3.07. The molecule has 1 aliphatic carbocycles. The monoisotopic (exact) mass is 859 g/mol. The van der Waals surface area contributed by atoms with Crippen LogP contribution >= 0.6 is 7.92 Å². The first-order valence-corrected chi connectivity index (χ1v) is 23.2. The molecule has 0 saturated carbocycles. The third-order valence-electron chi connectivity index (χ3n) is 12.5. The molecule has 12 heteroatoms. The molecule has 328 valence electrons. The Hall–Kier alpha value is -2.81. The summed E-state index contributed by atoms with van der Waals surface area (Å²) in [6.07, 6.45) is 7.95. The van der Waals surface area contributed by atoms with Gasteiger partial charge in [0.2, 0.25) is 0 Å². The van der Waals surface area contributed by atoms with Gasteiger partial charge >= 0.3 is 23.9 Å². The van der Waals surface area contributed by atoms with Crippen LogP contribution in [0.5, 0.6) is 0 Å². The fourth-order valence-corrected chi connectivity index (χ4v) is 13.6. The van der Waals surface area contributed by atoms with Crippen molar-refractivity contribution < 1.29 is 43.9 Å². The van der Waals surface area contributed by atoms with Crippen molar-refractivity contribution in [3.8, 4) is 0 Å². The van der Waals surface area contributed by atoms with Crippen molar-refractivity contribution in [3.05, 3.63) is 89.1 Å². The van der Waals surface area contributed by atoms with Gasteiger partial charge in [0.25, 0.3) is 0 Å². The molecule has 0 radical (unpaired) electrons. The van der Waals surface area contributed by atoms with Gasteiger partial charge in [0.1, 0.15) is 0 Å². The summed E-state index contributed by atoms with van der Waals surface area (Å²) in [6.45, 7) is 3.61. The van der Waals surface area contributed by atoms with Gasteiger partial charge in [-0.05, 0) is 85.9 Å². The Bertz CT molecular complexity index is 1780. The average Bonchev–Trinajstić information content (AvgIpc) is 3.46. The number of halogens is 10. The Morgan fingerprint density at radius 1 is 0.610 bits per heavy atom. The first-order valence-electron chi connectivity index (χ1n) is 21.7. The number of aromatic nitrogens is 1. The van der Waals surface area contributed by atoms with Gasteiger partial charge < -0.3 is 4.98 Å². The number of fused-ring (bicyclic) bond motifs is 1. The summed E-state index contributed by atoms with van der Waals surface area (Å²) in [5.74, 6) is -20.6. The second kappa shape index (κ2) is 20.4. The molecule has 4 unspecified atom stereocenters. The topological polar surface area (TPSA) is 15.8 Å². The second-order valence-electron chi connectivity index (χ2n) is 16.6. The summed E-state index contributed by atoms with van der Waals surface area (Å²) >= 11 is 0. The van der Waals surface area contributed by atoms with E-state index < -0.39 is 55.3 Å². The van der Waals surface area contributed by atoms with Crippen LogP contribution in [0.25, 0.3) is 11.1 Å². The van der Waals surface area contributed by atoms with Crippen molar-refractivity contribution in [2.45, 2.75) is 177 Å². The fraction of sp³-hybridized carbons (Fsp3) is 0.617. The molecule has 1 saturated heterocycles. The summed E-state index contributed by atoms with van der Waals surface area (Å²) in [6, 6.07) is 17.9. The van der Waals surface area contributed by atoms with Gasteiger partial charge in [-0.1, -0.05) is 152 Å². The summed E-state index contributed by atoms with van der Waals surface area (Å²) in [5.41, 5.74) is 1.83. The van der Waals surface area contributed by atoms with Crippen LogP contribution in [0.2, 0.25) is 0 Å². The van der Waals surface area contributed by atoms with Crippen LogP contribution in [-0.4, -0.2) is 46.4 Å². The molecule has 1 N–H and O–H groups in total. The molecule has 4 atom stereocenters. The van der Waals surface area contributed by atoms with E-state index in [4.69, 9.17) is 0 Å². The zero-order valence-electron chi connectivity index (χ0n) is 34.4. The maximum atomic E-state index is 17.1. The van der Waals surface area contributed by atoms with Crippen LogP contribution in [0.1, 0.15) is 158 Å². The lowest BCUT2D eigenvalue weighted by Crippen LogP contribution is -2.63. The molecule has 2 aromatic carbocycles. The normalized spacial score (nSPS) is 21.1. The van der Waals surface area contributed by atoms with Crippen molar-refractivity contribution in [3.63, 3.8) is 0 Å². The van der Waals surface area contributed by atoms with E-state index in [1.165, 1.54) is 6.20 Å². The number of rotatable bonds is 26. The molecule has 5 rings (SSSR count). The van der Waals surface area contributed by atoms with Crippen molar-refractivity contribution in [2.75, 3.05) is 6.67 Å².